The standard InChI is InChI=1S/C16H20F6/c1-14(17,18)15(19,16(20,21)22)11-6-9-5-10(11)13-8-3-2-7(4-8)12(9)13/h7-13H,2-6H2,1H3. The molecule has 4 aliphatic carbocycles. The highest BCUT2D eigenvalue weighted by Gasteiger charge is 2.77. The van der Waals surface area contributed by atoms with Crippen molar-refractivity contribution in [2.24, 2.45) is 41.4 Å². The van der Waals surface area contributed by atoms with E-state index in [9.17, 15) is 26.3 Å². The minimum Gasteiger partial charge on any atom is -0.227 e. The number of fused-ring (bicyclic) bond motifs is 9. The van der Waals surface area contributed by atoms with Crippen molar-refractivity contribution in [2.75, 3.05) is 0 Å². The molecule has 8 unspecified atom stereocenters. The van der Waals surface area contributed by atoms with Crippen LogP contribution in [0.2, 0.25) is 0 Å². The van der Waals surface area contributed by atoms with E-state index in [0.29, 0.717) is 24.2 Å². The van der Waals surface area contributed by atoms with Crippen LogP contribution >= 0.6 is 0 Å². The third-order valence-electron chi connectivity index (χ3n) is 7.30. The molecule has 0 aromatic rings. The maximum Gasteiger partial charge on any atom is 0.428 e. The fraction of sp³-hybridized carbons (Fsp3) is 1.00. The fourth-order valence-electron chi connectivity index (χ4n) is 6.81. The van der Waals surface area contributed by atoms with Gasteiger partial charge in [-0.1, -0.05) is 0 Å². The lowest BCUT2D eigenvalue weighted by atomic mass is 9.63. The average Bonchev–Trinajstić information content (AvgIpc) is 3.12. The highest BCUT2D eigenvalue weighted by molar-refractivity contribution is 5.17. The molecule has 0 spiro atoms. The first-order valence-electron chi connectivity index (χ1n) is 8.19. The number of alkyl halides is 6. The Morgan fingerprint density at radius 3 is 1.86 bits per heavy atom. The normalized spacial score (nSPS) is 49.5. The highest BCUT2D eigenvalue weighted by atomic mass is 19.4. The second-order valence-electron chi connectivity index (χ2n) is 8.09. The van der Waals surface area contributed by atoms with Crippen molar-refractivity contribution in [3.8, 4) is 0 Å². The molecule has 0 radical (unpaired) electrons. The van der Waals surface area contributed by atoms with Gasteiger partial charge in [-0.25, -0.2) is 13.2 Å². The molecule has 22 heavy (non-hydrogen) atoms. The molecule has 0 amide bonds. The predicted molar refractivity (Wildman–Crippen MR) is 68.0 cm³/mol. The summed E-state index contributed by atoms with van der Waals surface area (Å²) in [6.45, 7) is 0.0881. The van der Waals surface area contributed by atoms with Gasteiger partial charge in [0.15, 0.2) is 0 Å². The van der Waals surface area contributed by atoms with Gasteiger partial charge in [0.25, 0.3) is 11.6 Å². The zero-order valence-corrected chi connectivity index (χ0v) is 12.3. The zero-order valence-electron chi connectivity index (χ0n) is 12.3. The van der Waals surface area contributed by atoms with Gasteiger partial charge in [0.2, 0.25) is 0 Å². The largest absolute Gasteiger partial charge is 0.428 e. The molecule has 0 aromatic heterocycles. The second-order valence-corrected chi connectivity index (χ2v) is 8.09. The van der Waals surface area contributed by atoms with Gasteiger partial charge in [-0.3, -0.25) is 0 Å². The van der Waals surface area contributed by atoms with Crippen LogP contribution in [0.3, 0.4) is 0 Å². The molecule has 0 saturated heterocycles. The maximum atomic E-state index is 14.8. The molecule has 0 heterocycles. The molecule has 0 N–H and O–H groups in total. The van der Waals surface area contributed by atoms with Gasteiger partial charge >= 0.3 is 6.18 Å². The summed E-state index contributed by atoms with van der Waals surface area (Å²) >= 11 is 0. The van der Waals surface area contributed by atoms with Crippen LogP contribution in [0.1, 0.15) is 39.0 Å². The predicted octanol–water partition coefficient (Wildman–Crippen LogP) is 5.23. The van der Waals surface area contributed by atoms with Crippen molar-refractivity contribution in [1.29, 1.82) is 0 Å². The van der Waals surface area contributed by atoms with E-state index in [4.69, 9.17) is 0 Å². The Hall–Kier alpha value is -0.420. The molecule has 0 aliphatic heterocycles. The van der Waals surface area contributed by atoms with Gasteiger partial charge in [-0.15, -0.1) is 0 Å². The lowest BCUT2D eigenvalue weighted by Crippen LogP contribution is -2.61. The van der Waals surface area contributed by atoms with Crippen LogP contribution in [0.25, 0.3) is 0 Å². The second kappa shape index (κ2) is 4.15. The summed E-state index contributed by atoms with van der Waals surface area (Å²) < 4.78 is 81.9. The molecule has 4 aliphatic rings. The molecule has 4 saturated carbocycles. The quantitative estimate of drug-likeness (QED) is 0.481. The number of hydrogen-bond donors (Lipinski definition) is 0. The first-order chi connectivity index (χ1) is 10.1. The smallest absolute Gasteiger partial charge is 0.227 e. The molecule has 4 fully saturated rings. The first kappa shape index (κ1) is 15.1. The Morgan fingerprint density at radius 2 is 1.32 bits per heavy atom. The maximum absolute atomic E-state index is 14.8. The van der Waals surface area contributed by atoms with Crippen LogP contribution in [0.15, 0.2) is 0 Å². The van der Waals surface area contributed by atoms with Crippen LogP contribution in [0.5, 0.6) is 0 Å². The average molecular weight is 326 g/mol. The van der Waals surface area contributed by atoms with E-state index in [2.05, 4.69) is 0 Å². The lowest BCUT2D eigenvalue weighted by molar-refractivity contribution is -0.323. The molecule has 4 rings (SSSR count). The summed E-state index contributed by atoms with van der Waals surface area (Å²) in [5, 5.41) is 0. The summed E-state index contributed by atoms with van der Waals surface area (Å²) in [4.78, 5) is 0. The van der Waals surface area contributed by atoms with Crippen molar-refractivity contribution in [1.82, 2.24) is 0 Å². The van der Waals surface area contributed by atoms with Crippen molar-refractivity contribution >= 4 is 0 Å². The molecule has 0 aromatic carbocycles. The van der Waals surface area contributed by atoms with Gasteiger partial charge in [0, 0.05) is 12.8 Å². The lowest BCUT2D eigenvalue weighted by Gasteiger charge is -2.46. The Bertz CT molecular complexity index is 464. The zero-order chi connectivity index (χ0) is 16.1. The molecule has 126 valence electrons. The Morgan fingerprint density at radius 1 is 0.727 bits per heavy atom. The monoisotopic (exact) mass is 326 g/mol. The minimum absolute atomic E-state index is 0.0194. The van der Waals surface area contributed by atoms with Crippen LogP contribution in [-0.2, 0) is 0 Å². The van der Waals surface area contributed by atoms with E-state index in [-0.39, 0.29) is 25.2 Å². The summed E-state index contributed by atoms with van der Waals surface area (Å²) in [5.74, 6) is -5.13. The third-order valence-corrected chi connectivity index (χ3v) is 7.30. The Balaban J connectivity index is 1.70. The molecule has 0 nitrogen and oxygen atoms in total. The Labute approximate surface area is 125 Å². The Kier molecular flexibility index (Phi) is 2.86. The van der Waals surface area contributed by atoms with Crippen molar-refractivity contribution in [3.05, 3.63) is 0 Å². The van der Waals surface area contributed by atoms with Gasteiger partial charge in [-0.2, -0.15) is 13.2 Å². The summed E-state index contributed by atoms with van der Waals surface area (Å²) in [6, 6.07) is 0. The van der Waals surface area contributed by atoms with E-state index in [1.54, 1.807) is 0 Å². The minimum atomic E-state index is -5.52. The molecule has 8 atom stereocenters. The van der Waals surface area contributed by atoms with E-state index >= 15 is 0 Å². The fourth-order valence-corrected chi connectivity index (χ4v) is 6.81. The van der Waals surface area contributed by atoms with Crippen molar-refractivity contribution < 1.29 is 26.3 Å². The van der Waals surface area contributed by atoms with E-state index in [1.807, 2.05) is 0 Å². The molecular formula is C16H20F6. The third kappa shape index (κ3) is 1.62. The van der Waals surface area contributed by atoms with Gasteiger partial charge < -0.3 is 0 Å². The van der Waals surface area contributed by atoms with Gasteiger partial charge in [0.05, 0.1) is 0 Å². The van der Waals surface area contributed by atoms with Gasteiger partial charge in [-0.05, 0) is 67.6 Å². The summed E-state index contributed by atoms with van der Waals surface area (Å²) in [7, 11) is 0. The molecular weight excluding hydrogens is 306 g/mol. The van der Waals surface area contributed by atoms with E-state index in [1.165, 1.54) is 0 Å². The summed E-state index contributed by atoms with van der Waals surface area (Å²) in [5.41, 5.74) is -4.38. The SMILES string of the molecule is CC(F)(F)C(F)(C1CC2CC1C1C3CCC(C3)C21)C(F)(F)F. The summed E-state index contributed by atoms with van der Waals surface area (Å²) in [6.07, 6.45) is -1.91. The highest BCUT2D eigenvalue weighted by Crippen LogP contribution is 2.72. The number of hydrogen-bond acceptors (Lipinski definition) is 0. The van der Waals surface area contributed by atoms with Crippen LogP contribution < -0.4 is 0 Å². The van der Waals surface area contributed by atoms with E-state index < -0.39 is 29.6 Å². The number of rotatable bonds is 2. The topological polar surface area (TPSA) is 0 Å². The van der Waals surface area contributed by atoms with Crippen molar-refractivity contribution in [2.45, 2.75) is 56.8 Å². The van der Waals surface area contributed by atoms with Crippen LogP contribution in [0, 0.1) is 41.4 Å². The van der Waals surface area contributed by atoms with Gasteiger partial charge in [0.1, 0.15) is 0 Å². The number of halogens is 6. The van der Waals surface area contributed by atoms with Crippen molar-refractivity contribution in [3.63, 3.8) is 0 Å². The first-order valence-corrected chi connectivity index (χ1v) is 8.19. The molecule has 4 bridgehead atoms. The van der Waals surface area contributed by atoms with Crippen LogP contribution in [-0.4, -0.2) is 17.8 Å². The molecule has 6 heteroatoms. The van der Waals surface area contributed by atoms with Crippen LogP contribution in [0.4, 0.5) is 26.3 Å². The van der Waals surface area contributed by atoms with E-state index in [0.717, 1.165) is 19.3 Å².